The molecule has 0 N–H and O–H groups in total. The quantitative estimate of drug-likeness (QED) is 0.675. The van der Waals surface area contributed by atoms with Crippen LogP contribution in [0.25, 0.3) is 11.0 Å². The summed E-state index contributed by atoms with van der Waals surface area (Å²) in [5.41, 5.74) is 2.35. The Bertz CT molecular complexity index is 911. The molecule has 0 unspecified atom stereocenters. The Balaban J connectivity index is 1.79. The molecule has 0 saturated carbocycles. The highest BCUT2D eigenvalue weighted by Gasteiger charge is 2.11. The molecule has 0 aliphatic heterocycles. The van der Waals surface area contributed by atoms with E-state index in [-0.39, 0.29) is 5.63 Å². The van der Waals surface area contributed by atoms with Gasteiger partial charge in [-0.1, -0.05) is 12.1 Å². The zero-order valence-electron chi connectivity index (χ0n) is 14.5. The lowest BCUT2D eigenvalue weighted by molar-refractivity contribution is 0.302. The van der Waals surface area contributed by atoms with Crippen LogP contribution >= 0.6 is 0 Å². The summed E-state index contributed by atoms with van der Waals surface area (Å²) in [4.78, 5) is 13.7. The Hall–Kier alpha value is -2.47. The molecular formula is C18H22N4O2. The number of hydrogen-bond acceptors (Lipinski definition) is 5. The fourth-order valence-electron chi connectivity index (χ4n) is 2.89. The Kier molecular flexibility index (Phi) is 4.49. The molecule has 0 fully saturated rings. The number of aromatic nitrogens is 3. The fourth-order valence-corrected chi connectivity index (χ4v) is 2.89. The maximum Gasteiger partial charge on any atom is 0.336 e. The summed E-state index contributed by atoms with van der Waals surface area (Å²) in [5.74, 6) is 0.940. The van der Waals surface area contributed by atoms with Gasteiger partial charge in [-0.25, -0.2) is 4.79 Å². The van der Waals surface area contributed by atoms with Crippen molar-refractivity contribution in [1.29, 1.82) is 0 Å². The van der Waals surface area contributed by atoms with E-state index in [1.807, 2.05) is 26.1 Å². The Morgan fingerprint density at radius 3 is 2.79 bits per heavy atom. The zero-order valence-corrected chi connectivity index (χ0v) is 14.5. The third-order valence-electron chi connectivity index (χ3n) is 4.08. The first-order chi connectivity index (χ1) is 11.4. The van der Waals surface area contributed by atoms with E-state index in [1.54, 1.807) is 6.33 Å². The molecule has 0 bridgehead atoms. The summed E-state index contributed by atoms with van der Waals surface area (Å²) >= 11 is 0. The minimum absolute atomic E-state index is 0.310. The number of aryl methyl sites for hydroxylation is 1. The van der Waals surface area contributed by atoms with Crippen LogP contribution < -0.4 is 5.63 Å². The minimum atomic E-state index is -0.310. The molecule has 1 aromatic carbocycles. The third kappa shape index (κ3) is 3.38. The van der Waals surface area contributed by atoms with Gasteiger partial charge in [-0.2, -0.15) is 0 Å². The molecule has 0 atom stereocenters. The van der Waals surface area contributed by atoms with Gasteiger partial charge < -0.3 is 8.98 Å². The third-order valence-corrected chi connectivity index (χ3v) is 4.08. The van der Waals surface area contributed by atoms with Crippen molar-refractivity contribution in [2.24, 2.45) is 0 Å². The second-order valence-electron chi connectivity index (χ2n) is 6.50. The van der Waals surface area contributed by atoms with Crippen molar-refractivity contribution >= 4 is 11.0 Å². The molecule has 0 spiro atoms. The molecule has 6 nitrogen and oxygen atoms in total. The predicted octanol–water partition coefficient (Wildman–Crippen LogP) is 2.91. The van der Waals surface area contributed by atoms with Crippen molar-refractivity contribution in [1.82, 2.24) is 19.7 Å². The van der Waals surface area contributed by atoms with Gasteiger partial charge >= 0.3 is 5.63 Å². The highest BCUT2D eigenvalue weighted by molar-refractivity contribution is 5.80. The summed E-state index contributed by atoms with van der Waals surface area (Å²) in [6, 6.07) is 7.87. The Labute approximate surface area is 140 Å². The van der Waals surface area contributed by atoms with Crippen LogP contribution in [-0.2, 0) is 13.1 Å². The van der Waals surface area contributed by atoms with E-state index >= 15 is 0 Å². The van der Waals surface area contributed by atoms with Gasteiger partial charge in [-0.15, -0.1) is 10.2 Å². The van der Waals surface area contributed by atoms with Crippen molar-refractivity contribution in [2.75, 3.05) is 7.05 Å². The first-order valence-electron chi connectivity index (χ1n) is 8.04. The van der Waals surface area contributed by atoms with E-state index in [1.165, 1.54) is 6.07 Å². The average molecular weight is 326 g/mol. The summed E-state index contributed by atoms with van der Waals surface area (Å²) in [7, 11) is 2.04. The standard InChI is InChI=1S/C18H22N4O2/c1-12(2)22-11-19-20-17(22)10-21(4)9-14-5-6-15-13(3)7-18(23)24-16(15)8-14/h5-8,11-12H,9-10H2,1-4H3. The molecule has 2 heterocycles. The monoisotopic (exact) mass is 326 g/mol. The smallest absolute Gasteiger partial charge is 0.336 e. The Morgan fingerprint density at radius 2 is 2.04 bits per heavy atom. The van der Waals surface area contributed by atoms with Gasteiger partial charge in [0, 0.05) is 24.0 Å². The molecule has 0 saturated heterocycles. The lowest BCUT2D eigenvalue weighted by atomic mass is 10.1. The fraction of sp³-hybridized carbons (Fsp3) is 0.389. The van der Waals surface area contributed by atoms with Crippen LogP contribution in [0.5, 0.6) is 0 Å². The summed E-state index contributed by atoms with van der Waals surface area (Å²) in [6.45, 7) is 7.58. The van der Waals surface area contributed by atoms with Crippen molar-refractivity contribution in [3.8, 4) is 0 Å². The molecule has 0 radical (unpaired) electrons. The van der Waals surface area contributed by atoms with Gasteiger partial charge in [0.25, 0.3) is 0 Å². The van der Waals surface area contributed by atoms with E-state index in [9.17, 15) is 4.79 Å². The molecule has 3 rings (SSSR count). The molecular weight excluding hydrogens is 304 g/mol. The lowest BCUT2D eigenvalue weighted by Gasteiger charge is -2.18. The minimum Gasteiger partial charge on any atom is -0.423 e. The highest BCUT2D eigenvalue weighted by Crippen LogP contribution is 2.19. The van der Waals surface area contributed by atoms with Gasteiger partial charge in [0.2, 0.25) is 0 Å². The van der Waals surface area contributed by atoms with Gasteiger partial charge in [-0.3, -0.25) is 4.90 Å². The van der Waals surface area contributed by atoms with Gasteiger partial charge in [0.1, 0.15) is 17.7 Å². The SMILES string of the molecule is Cc1cc(=O)oc2cc(CN(C)Cc3nncn3C(C)C)ccc12. The zero-order chi connectivity index (χ0) is 17.3. The molecule has 6 heteroatoms. The second kappa shape index (κ2) is 6.57. The molecule has 2 aromatic heterocycles. The Morgan fingerprint density at radius 1 is 1.25 bits per heavy atom. The average Bonchev–Trinajstić information content (AvgIpc) is 2.94. The van der Waals surface area contributed by atoms with Crippen molar-refractivity contribution in [3.63, 3.8) is 0 Å². The molecule has 0 aliphatic carbocycles. The number of nitrogens with zero attached hydrogens (tertiary/aromatic N) is 4. The van der Waals surface area contributed by atoms with E-state index in [4.69, 9.17) is 4.42 Å². The molecule has 0 aliphatic rings. The van der Waals surface area contributed by atoms with Gasteiger partial charge in [0.05, 0.1) is 6.54 Å². The highest BCUT2D eigenvalue weighted by atomic mass is 16.4. The lowest BCUT2D eigenvalue weighted by Crippen LogP contribution is -2.20. The van der Waals surface area contributed by atoms with Crippen LogP contribution in [0.4, 0.5) is 0 Å². The molecule has 24 heavy (non-hydrogen) atoms. The van der Waals surface area contributed by atoms with Crippen LogP contribution in [0, 0.1) is 6.92 Å². The summed E-state index contributed by atoms with van der Waals surface area (Å²) in [6.07, 6.45) is 1.77. The molecule has 0 amide bonds. The number of benzene rings is 1. The van der Waals surface area contributed by atoms with E-state index in [2.05, 4.69) is 39.6 Å². The van der Waals surface area contributed by atoms with Crippen LogP contribution in [-0.4, -0.2) is 26.7 Å². The van der Waals surface area contributed by atoms with E-state index < -0.39 is 0 Å². The second-order valence-corrected chi connectivity index (χ2v) is 6.50. The van der Waals surface area contributed by atoms with Crippen LogP contribution in [0.2, 0.25) is 0 Å². The van der Waals surface area contributed by atoms with Gasteiger partial charge in [-0.05, 0) is 45.0 Å². The predicted molar refractivity (Wildman–Crippen MR) is 92.8 cm³/mol. The summed E-state index contributed by atoms with van der Waals surface area (Å²) < 4.78 is 7.39. The van der Waals surface area contributed by atoms with Crippen LogP contribution in [0.1, 0.15) is 36.8 Å². The number of rotatable bonds is 5. The number of hydrogen-bond donors (Lipinski definition) is 0. The van der Waals surface area contributed by atoms with Crippen molar-refractivity contribution in [2.45, 2.75) is 39.9 Å². The molecule has 126 valence electrons. The first kappa shape index (κ1) is 16.4. The number of fused-ring (bicyclic) bond motifs is 1. The molecule has 3 aromatic rings. The van der Waals surface area contributed by atoms with Crippen LogP contribution in [0.3, 0.4) is 0 Å². The maximum atomic E-state index is 11.6. The van der Waals surface area contributed by atoms with Crippen molar-refractivity contribution < 1.29 is 4.42 Å². The maximum absolute atomic E-state index is 11.6. The van der Waals surface area contributed by atoms with Crippen molar-refractivity contribution in [3.05, 3.63) is 58.0 Å². The van der Waals surface area contributed by atoms with Gasteiger partial charge in [0.15, 0.2) is 0 Å². The van der Waals surface area contributed by atoms with E-state index in [0.717, 1.165) is 28.9 Å². The largest absolute Gasteiger partial charge is 0.423 e. The summed E-state index contributed by atoms with van der Waals surface area (Å²) in [5, 5.41) is 9.18. The topological polar surface area (TPSA) is 64.2 Å². The van der Waals surface area contributed by atoms with E-state index in [0.29, 0.717) is 18.2 Å². The first-order valence-corrected chi connectivity index (χ1v) is 8.04. The van der Waals surface area contributed by atoms with Crippen LogP contribution in [0.15, 0.2) is 39.8 Å². The normalized spacial score (nSPS) is 11.8.